The lowest BCUT2D eigenvalue weighted by Crippen LogP contribution is -2.15. The summed E-state index contributed by atoms with van der Waals surface area (Å²) in [5.74, 6) is 0.463. The summed E-state index contributed by atoms with van der Waals surface area (Å²) in [6, 6.07) is 0. The predicted octanol–water partition coefficient (Wildman–Crippen LogP) is 1.74. The Morgan fingerprint density at radius 1 is 1.75 bits per heavy atom. The summed E-state index contributed by atoms with van der Waals surface area (Å²) in [7, 11) is 1.72. The highest BCUT2D eigenvalue weighted by molar-refractivity contribution is 5.11. The average molecular weight is 170 g/mol. The molecule has 2 nitrogen and oxygen atoms in total. The standard InChI is InChI=1S/C10H18O2/c1-8(7-12-2)9-4-3-5-10(11)6-9/h6,8,10-11H,3-5,7H2,1-2H3. The molecule has 0 fully saturated rings. The molecule has 0 amide bonds. The van der Waals surface area contributed by atoms with Crippen LogP contribution < -0.4 is 0 Å². The fourth-order valence-electron chi connectivity index (χ4n) is 1.70. The van der Waals surface area contributed by atoms with Crippen LogP contribution in [0.25, 0.3) is 0 Å². The maximum atomic E-state index is 9.38. The number of aliphatic hydroxyl groups is 1. The largest absolute Gasteiger partial charge is 0.389 e. The highest BCUT2D eigenvalue weighted by Gasteiger charge is 2.15. The van der Waals surface area contributed by atoms with Crippen LogP contribution in [-0.2, 0) is 4.74 Å². The van der Waals surface area contributed by atoms with Crippen molar-refractivity contribution in [3.8, 4) is 0 Å². The molecule has 12 heavy (non-hydrogen) atoms. The van der Waals surface area contributed by atoms with Crippen LogP contribution >= 0.6 is 0 Å². The van der Waals surface area contributed by atoms with E-state index in [1.165, 1.54) is 5.57 Å². The van der Waals surface area contributed by atoms with E-state index in [-0.39, 0.29) is 6.10 Å². The first-order valence-corrected chi connectivity index (χ1v) is 4.61. The molecule has 2 heteroatoms. The molecule has 1 N–H and O–H groups in total. The average Bonchev–Trinajstić information content (AvgIpc) is 2.05. The molecular weight excluding hydrogens is 152 g/mol. The first-order valence-electron chi connectivity index (χ1n) is 4.61. The number of ether oxygens (including phenoxy) is 1. The number of methoxy groups -OCH3 is 1. The van der Waals surface area contributed by atoms with Gasteiger partial charge < -0.3 is 9.84 Å². The second kappa shape index (κ2) is 4.63. The minimum atomic E-state index is -0.215. The van der Waals surface area contributed by atoms with Crippen LogP contribution in [0.15, 0.2) is 11.6 Å². The molecule has 70 valence electrons. The summed E-state index contributed by atoms with van der Waals surface area (Å²) >= 11 is 0. The Morgan fingerprint density at radius 2 is 2.50 bits per heavy atom. The van der Waals surface area contributed by atoms with Gasteiger partial charge in [0.1, 0.15) is 0 Å². The molecule has 0 saturated heterocycles. The fourth-order valence-corrected chi connectivity index (χ4v) is 1.70. The van der Waals surface area contributed by atoms with Crippen molar-refractivity contribution in [3.63, 3.8) is 0 Å². The van der Waals surface area contributed by atoms with E-state index < -0.39 is 0 Å². The van der Waals surface area contributed by atoms with Crippen molar-refractivity contribution in [1.82, 2.24) is 0 Å². The summed E-state index contributed by atoms with van der Waals surface area (Å²) < 4.78 is 5.07. The predicted molar refractivity (Wildman–Crippen MR) is 49.0 cm³/mol. The molecule has 0 heterocycles. The molecule has 2 unspecified atom stereocenters. The monoisotopic (exact) mass is 170 g/mol. The third-order valence-electron chi connectivity index (χ3n) is 2.42. The topological polar surface area (TPSA) is 29.5 Å². The lowest BCUT2D eigenvalue weighted by Gasteiger charge is -2.21. The molecule has 1 aliphatic carbocycles. The molecule has 0 aliphatic heterocycles. The number of aliphatic hydroxyl groups excluding tert-OH is 1. The van der Waals surface area contributed by atoms with Crippen molar-refractivity contribution in [2.75, 3.05) is 13.7 Å². The van der Waals surface area contributed by atoms with Gasteiger partial charge in [-0.25, -0.2) is 0 Å². The minimum Gasteiger partial charge on any atom is -0.389 e. The Labute approximate surface area is 74.2 Å². The van der Waals surface area contributed by atoms with Gasteiger partial charge in [0, 0.05) is 13.0 Å². The summed E-state index contributed by atoms with van der Waals surface area (Å²) in [6.45, 7) is 2.91. The molecule has 0 radical (unpaired) electrons. The smallest absolute Gasteiger partial charge is 0.0723 e. The molecule has 0 bridgehead atoms. The zero-order valence-corrected chi connectivity index (χ0v) is 7.92. The van der Waals surface area contributed by atoms with Crippen molar-refractivity contribution in [2.45, 2.75) is 32.3 Å². The van der Waals surface area contributed by atoms with E-state index in [0.717, 1.165) is 25.9 Å². The van der Waals surface area contributed by atoms with Gasteiger partial charge in [0.15, 0.2) is 0 Å². The van der Waals surface area contributed by atoms with Gasteiger partial charge >= 0.3 is 0 Å². The second-order valence-corrected chi connectivity index (χ2v) is 3.56. The van der Waals surface area contributed by atoms with Crippen molar-refractivity contribution < 1.29 is 9.84 Å². The van der Waals surface area contributed by atoms with Crippen molar-refractivity contribution >= 4 is 0 Å². The van der Waals surface area contributed by atoms with Crippen LogP contribution in [0, 0.1) is 5.92 Å². The third-order valence-corrected chi connectivity index (χ3v) is 2.42. The summed E-state index contributed by atoms with van der Waals surface area (Å²) in [5, 5.41) is 9.38. The van der Waals surface area contributed by atoms with Crippen molar-refractivity contribution in [1.29, 1.82) is 0 Å². The van der Waals surface area contributed by atoms with E-state index in [0.29, 0.717) is 5.92 Å². The third kappa shape index (κ3) is 2.61. The van der Waals surface area contributed by atoms with Gasteiger partial charge in [0.25, 0.3) is 0 Å². The first-order chi connectivity index (χ1) is 5.74. The SMILES string of the molecule is COCC(C)C1=CC(O)CCC1. The van der Waals surface area contributed by atoms with Gasteiger partial charge in [-0.1, -0.05) is 18.6 Å². The Hall–Kier alpha value is -0.340. The number of rotatable bonds is 3. The van der Waals surface area contributed by atoms with Gasteiger partial charge in [-0.05, 0) is 19.3 Å². The Bertz CT molecular complexity index is 163. The number of hydrogen-bond donors (Lipinski definition) is 1. The van der Waals surface area contributed by atoms with Crippen LogP contribution in [0.5, 0.6) is 0 Å². The van der Waals surface area contributed by atoms with Crippen molar-refractivity contribution in [2.24, 2.45) is 5.92 Å². The molecule has 0 saturated carbocycles. The molecular formula is C10H18O2. The van der Waals surface area contributed by atoms with Gasteiger partial charge in [0.2, 0.25) is 0 Å². The highest BCUT2D eigenvalue weighted by Crippen LogP contribution is 2.24. The van der Waals surface area contributed by atoms with E-state index in [4.69, 9.17) is 4.74 Å². The van der Waals surface area contributed by atoms with E-state index in [9.17, 15) is 5.11 Å². The number of hydrogen-bond acceptors (Lipinski definition) is 2. The van der Waals surface area contributed by atoms with Crippen LogP contribution in [0.4, 0.5) is 0 Å². The van der Waals surface area contributed by atoms with Crippen LogP contribution in [0.1, 0.15) is 26.2 Å². The second-order valence-electron chi connectivity index (χ2n) is 3.56. The van der Waals surface area contributed by atoms with E-state index in [2.05, 4.69) is 6.92 Å². The zero-order chi connectivity index (χ0) is 8.97. The van der Waals surface area contributed by atoms with Gasteiger partial charge in [-0.15, -0.1) is 0 Å². The van der Waals surface area contributed by atoms with Crippen LogP contribution in [0.3, 0.4) is 0 Å². The molecule has 1 aliphatic rings. The molecule has 2 atom stereocenters. The Balaban J connectivity index is 2.48. The first kappa shape index (κ1) is 9.75. The van der Waals surface area contributed by atoms with E-state index in [1.54, 1.807) is 7.11 Å². The van der Waals surface area contributed by atoms with Gasteiger partial charge in [0.05, 0.1) is 12.7 Å². The van der Waals surface area contributed by atoms with Gasteiger partial charge in [-0.3, -0.25) is 0 Å². The minimum absolute atomic E-state index is 0.215. The maximum Gasteiger partial charge on any atom is 0.0723 e. The van der Waals surface area contributed by atoms with Crippen LogP contribution in [0.2, 0.25) is 0 Å². The van der Waals surface area contributed by atoms with E-state index in [1.807, 2.05) is 6.08 Å². The fraction of sp³-hybridized carbons (Fsp3) is 0.800. The molecule has 0 aromatic carbocycles. The molecule has 1 rings (SSSR count). The highest BCUT2D eigenvalue weighted by atomic mass is 16.5. The van der Waals surface area contributed by atoms with Crippen LogP contribution in [-0.4, -0.2) is 24.9 Å². The lowest BCUT2D eigenvalue weighted by atomic mass is 9.89. The zero-order valence-electron chi connectivity index (χ0n) is 7.92. The molecule has 0 aromatic heterocycles. The maximum absolute atomic E-state index is 9.38. The van der Waals surface area contributed by atoms with Crippen molar-refractivity contribution in [3.05, 3.63) is 11.6 Å². The summed E-state index contributed by atoms with van der Waals surface area (Å²) in [6.07, 6.45) is 4.94. The van der Waals surface area contributed by atoms with E-state index >= 15 is 0 Å². The lowest BCUT2D eigenvalue weighted by molar-refractivity contribution is 0.163. The Morgan fingerprint density at radius 3 is 3.08 bits per heavy atom. The summed E-state index contributed by atoms with van der Waals surface area (Å²) in [4.78, 5) is 0. The van der Waals surface area contributed by atoms with Gasteiger partial charge in [-0.2, -0.15) is 0 Å². The Kier molecular flexibility index (Phi) is 3.76. The quantitative estimate of drug-likeness (QED) is 0.654. The normalized spacial score (nSPS) is 26.6. The molecule has 0 aromatic rings. The molecule has 0 spiro atoms. The summed E-state index contributed by atoms with van der Waals surface area (Å²) in [5.41, 5.74) is 1.36.